The van der Waals surface area contributed by atoms with Crippen molar-refractivity contribution in [2.24, 2.45) is 5.41 Å². The molecule has 0 saturated carbocycles. The van der Waals surface area contributed by atoms with E-state index in [0.29, 0.717) is 18.7 Å². The van der Waals surface area contributed by atoms with E-state index in [1.165, 1.54) is 0 Å². The minimum absolute atomic E-state index is 0.000195. The van der Waals surface area contributed by atoms with Gasteiger partial charge in [-0.3, -0.25) is 9.59 Å². The predicted octanol–water partition coefficient (Wildman–Crippen LogP) is 2.74. The Morgan fingerprint density at radius 1 is 1.29 bits per heavy atom. The first-order valence-corrected chi connectivity index (χ1v) is 8.47. The minimum atomic E-state index is -0.660. The first-order valence-electron chi connectivity index (χ1n) is 8.47. The number of nitrogens with one attached hydrogen (secondary N) is 1. The molecule has 1 aliphatic heterocycles. The quantitative estimate of drug-likeness (QED) is 0.903. The highest BCUT2D eigenvalue weighted by atomic mass is 16.2. The van der Waals surface area contributed by atoms with Gasteiger partial charge in [0.25, 0.3) is 5.91 Å². The summed E-state index contributed by atoms with van der Waals surface area (Å²) in [5.41, 5.74) is -0.0383. The Balaban J connectivity index is 1.96. The molecule has 0 bridgehead atoms. The van der Waals surface area contributed by atoms with Crippen LogP contribution in [-0.4, -0.2) is 35.8 Å². The van der Waals surface area contributed by atoms with Crippen molar-refractivity contribution in [3.8, 4) is 6.07 Å². The molecule has 1 aromatic carbocycles. The van der Waals surface area contributed by atoms with Crippen molar-refractivity contribution in [3.63, 3.8) is 0 Å². The molecule has 1 aromatic rings. The number of likely N-dealkylation sites (tertiary alicyclic amines) is 1. The number of carbonyl (C=O) groups excluding carboxylic acids is 2. The van der Waals surface area contributed by atoms with Crippen molar-refractivity contribution in [3.05, 3.63) is 35.9 Å². The second-order valence-electron chi connectivity index (χ2n) is 6.99. The molecular formula is C19H25N3O2. The van der Waals surface area contributed by atoms with Crippen LogP contribution < -0.4 is 5.32 Å². The van der Waals surface area contributed by atoms with Crippen LogP contribution in [0.5, 0.6) is 0 Å². The van der Waals surface area contributed by atoms with Gasteiger partial charge in [0.05, 0.1) is 11.5 Å². The first-order chi connectivity index (χ1) is 11.4. The maximum absolute atomic E-state index is 12.6. The topological polar surface area (TPSA) is 73.2 Å². The molecule has 1 atom stereocenters. The molecule has 1 saturated heterocycles. The molecule has 0 aliphatic carbocycles. The summed E-state index contributed by atoms with van der Waals surface area (Å²) in [7, 11) is 0. The second kappa shape index (κ2) is 7.96. The van der Waals surface area contributed by atoms with Crippen molar-refractivity contribution in [1.29, 1.82) is 5.26 Å². The number of rotatable bonds is 5. The van der Waals surface area contributed by atoms with E-state index < -0.39 is 5.41 Å². The van der Waals surface area contributed by atoms with Crippen molar-refractivity contribution < 1.29 is 9.59 Å². The van der Waals surface area contributed by atoms with Crippen LogP contribution in [0.4, 0.5) is 0 Å². The average Bonchev–Trinajstić information content (AvgIpc) is 2.60. The lowest BCUT2D eigenvalue weighted by Gasteiger charge is -2.37. The lowest BCUT2D eigenvalue weighted by Crippen LogP contribution is -2.50. The Kier molecular flexibility index (Phi) is 5.97. The molecule has 128 valence electrons. The predicted molar refractivity (Wildman–Crippen MR) is 92.1 cm³/mol. The summed E-state index contributed by atoms with van der Waals surface area (Å²) in [4.78, 5) is 26.6. The average molecular weight is 327 g/mol. The fourth-order valence-electron chi connectivity index (χ4n) is 2.96. The number of nitrogens with zero attached hydrogens (tertiary/aromatic N) is 2. The number of hydrogen-bond acceptors (Lipinski definition) is 3. The molecule has 0 spiro atoms. The molecule has 24 heavy (non-hydrogen) atoms. The molecule has 2 amide bonds. The van der Waals surface area contributed by atoms with Gasteiger partial charge in [-0.1, -0.05) is 18.2 Å². The van der Waals surface area contributed by atoms with Gasteiger partial charge in [0.15, 0.2) is 0 Å². The van der Waals surface area contributed by atoms with Gasteiger partial charge in [0.1, 0.15) is 0 Å². The van der Waals surface area contributed by atoms with Gasteiger partial charge in [-0.25, -0.2) is 0 Å². The third-order valence-electron chi connectivity index (χ3n) is 4.38. The fraction of sp³-hybridized carbons (Fsp3) is 0.526. The summed E-state index contributed by atoms with van der Waals surface area (Å²) in [5.74, 6) is -0.119. The molecule has 2 rings (SSSR count). The third kappa shape index (κ3) is 4.82. The van der Waals surface area contributed by atoms with E-state index in [4.69, 9.17) is 5.26 Å². The van der Waals surface area contributed by atoms with Gasteiger partial charge in [-0.15, -0.1) is 0 Å². The van der Waals surface area contributed by atoms with Crippen LogP contribution >= 0.6 is 0 Å². The van der Waals surface area contributed by atoms with E-state index in [0.717, 1.165) is 19.3 Å². The Labute approximate surface area is 143 Å². The molecule has 1 N–H and O–H groups in total. The summed E-state index contributed by atoms with van der Waals surface area (Å²) < 4.78 is 0. The Morgan fingerprint density at radius 3 is 2.67 bits per heavy atom. The largest absolute Gasteiger partial charge is 0.350 e. The van der Waals surface area contributed by atoms with E-state index in [-0.39, 0.29) is 24.3 Å². The minimum Gasteiger partial charge on any atom is -0.350 e. The monoisotopic (exact) mass is 327 g/mol. The first kappa shape index (κ1) is 18.0. The summed E-state index contributed by atoms with van der Waals surface area (Å²) >= 11 is 0. The molecule has 1 fully saturated rings. The van der Waals surface area contributed by atoms with Crippen molar-refractivity contribution in [2.45, 2.75) is 45.6 Å². The van der Waals surface area contributed by atoms with Crippen LogP contribution in [0.1, 0.15) is 49.9 Å². The van der Waals surface area contributed by atoms with Gasteiger partial charge in [0.2, 0.25) is 5.91 Å². The number of nitriles is 1. The molecular weight excluding hydrogens is 302 g/mol. The van der Waals surface area contributed by atoms with E-state index in [2.05, 4.69) is 11.4 Å². The molecule has 1 unspecified atom stereocenters. The number of hydrogen-bond donors (Lipinski definition) is 1. The summed E-state index contributed by atoms with van der Waals surface area (Å²) in [6.45, 7) is 4.71. The van der Waals surface area contributed by atoms with Crippen LogP contribution in [0.2, 0.25) is 0 Å². The zero-order valence-corrected chi connectivity index (χ0v) is 14.4. The van der Waals surface area contributed by atoms with Gasteiger partial charge in [-0.2, -0.15) is 5.26 Å². The van der Waals surface area contributed by atoms with Crippen molar-refractivity contribution in [2.75, 3.05) is 13.1 Å². The molecule has 0 radical (unpaired) electrons. The molecule has 5 nitrogen and oxygen atoms in total. The molecule has 5 heteroatoms. The van der Waals surface area contributed by atoms with E-state index in [9.17, 15) is 9.59 Å². The number of amides is 2. The Hall–Kier alpha value is -2.35. The molecule has 1 heterocycles. The fourth-order valence-corrected chi connectivity index (χ4v) is 2.96. The maximum atomic E-state index is 12.6. The maximum Gasteiger partial charge on any atom is 0.251 e. The highest BCUT2D eigenvalue weighted by molar-refractivity contribution is 5.94. The van der Waals surface area contributed by atoms with E-state index >= 15 is 0 Å². The standard InChI is InChI=1S/C19H25N3O2/c1-19(2,14-20)12-17(23)22-11-7-6-10-16(22)13-21-18(24)15-8-4-3-5-9-15/h3-5,8-9,16H,6-7,10-13H2,1-2H3,(H,21,24). The Morgan fingerprint density at radius 2 is 2.00 bits per heavy atom. The SMILES string of the molecule is CC(C)(C#N)CC(=O)N1CCCCC1CNC(=O)c1ccccc1. The van der Waals surface area contributed by atoms with Gasteiger partial charge >= 0.3 is 0 Å². The van der Waals surface area contributed by atoms with Gasteiger partial charge in [0, 0.05) is 31.1 Å². The number of benzene rings is 1. The van der Waals surface area contributed by atoms with E-state index in [1.807, 2.05) is 23.1 Å². The Bertz CT molecular complexity index is 619. The lowest BCUT2D eigenvalue weighted by molar-refractivity contribution is -0.136. The highest BCUT2D eigenvalue weighted by Crippen LogP contribution is 2.24. The van der Waals surface area contributed by atoms with Crippen molar-refractivity contribution in [1.82, 2.24) is 10.2 Å². The van der Waals surface area contributed by atoms with E-state index in [1.54, 1.807) is 26.0 Å². The smallest absolute Gasteiger partial charge is 0.251 e. The zero-order chi connectivity index (χ0) is 17.6. The van der Waals surface area contributed by atoms with Crippen LogP contribution in [0.3, 0.4) is 0 Å². The number of carbonyl (C=O) groups is 2. The summed E-state index contributed by atoms with van der Waals surface area (Å²) in [6, 6.07) is 11.3. The number of piperidine rings is 1. The van der Waals surface area contributed by atoms with Gasteiger partial charge < -0.3 is 10.2 Å². The lowest BCUT2D eigenvalue weighted by atomic mass is 9.89. The zero-order valence-electron chi connectivity index (χ0n) is 14.4. The van der Waals surface area contributed by atoms with Crippen LogP contribution in [0.25, 0.3) is 0 Å². The second-order valence-corrected chi connectivity index (χ2v) is 6.99. The molecule has 0 aromatic heterocycles. The van der Waals surface area contributed by atoms with Crippen LogP contribution in [0, 0.1) is 16.7 Å². The summed E-state index contributed by atoms with van der Waals surface area (Å²) in [5, 5.41) is 12.1. The normalized spacial score (nSPS) is 17.9. The summed E-state index contributed by atoms with van der Waals surface area (Å²) in [6.07, 6.45) is 3.12. The third-order valence-corrected chi connectivity index (χ3v) is 4.38. The van der Waals surface area contributed by atoms with Crippen molar-refractivity contribution >= 4 is 11.8 Å². The van der Waals surface area contributed by atoms with Gasteiger partial charge in [-0.05, 0) is 45.2 Å². The van der Waals surface area contributed by atoms with Crippen LogP contribution in [0.15, 0.2) is 30.3 Å². The molecule has 1 aliphatic rings. The van der Waals surface area contributed by atoms with Crippen LogP contribution in [-0.2, 0) is 4.79 Å². The highest BCUT2D eigenvalue weighted by Gasteiger charge is 2.31.